The molecule has 6 nitrogen and oxygen atoms in total. The summed E-state index contributed by atoms with van der Waals surface area (Å²) in [5.74, 6) is 2.02. The summed E-state index contributed by atoms with van der Waals surface area (Å²) in [5.41, 5.74) is 3.43. The number of nitrogens with one attached hydrogen (secondary N) is 2. The van der Waals surface area contributed by atoms with Gasteiger partial charge in [0.2, 0.25) is 5.91 Å². The second-order valence-electron chi connectivity index (χ2n) is 6.35. The number of carbonyl (C=O) groups excluding carboxylic acids is 1. The van der Waals surface area contributed by atoms with Crippen LogP contribution in [0.3, 0.4) is 0 Å². The zero-order valence-corrected chi connectivity index (χ0v) is 16.7. The van der Waals surface area contributed by atoms with Crippen molar-refractivity contribution in [3.63, 3.8) is 0 Å². The predicted molar refractivity (Wildman–Crippen MR) is 115 cm³/mol. The highest BCUT2D eigenvalue weighted by atomic mass is 16.5. The first-order chi connectivity index (χ1) is 14.1. The summed E-state index contributed by atoms with van der Waals surface area (Å²) in [6, 6.07) is 20.6. The molecule has 0 heterocycles. The average molecular weight is 392 g/mol. The van der Waals surface area contributed by atoms with Gasteiger partial charge in [-0.2, -0.15) is 0 Å². The minimum atomic E-state index is -0.0734. The Bertz CT molecular complexity index is 954. The van der Waals surface area contributed by atoms with E-state index in [1.807, 2.05) is 66.7 Å². The average Bonchev–Trinajstić information content (AvgIpc) is 2.75. The monoisotopic (exact) mass is 392 g/mol. The third-order valence-electron chi connectivity index (χ3n) is 4.36. The second-order valence-corrected chi connectivity index (χ2v) is 6.35. The van der Waals surface area contributed by atoms with Gasteiger partial charge in [-0.1, -0.05) is 12.1 Å². The van der Waals surface area contributed by atoms with Crippen molar-refractivity contribution >= 4 is 23.0 Å². The highest BCUT2D eigenvalue weighted by Gasteiger charge is 2.07. The fourth-order valence-corrected chi connectivity index (χ4v) is 2.85. The highest BCUT2D eigenvalue weighted by Crippen LogP contribution is 2.31. The molecule has 0 aliphatic heterocycles. The van der Waals surface area contributed by atoms with E-state index in [9.17, 15) is 4.79 Å². The first-order valence-corrected chi connectivity index (χ1v) is 9.13. The van der Waals surface area contributed by atoms with Gasteiger partial charge in [-0.05, 0) is 54.1 Å². The van der Waals surface area contributed by atoms with Gasteiger partial charge in [-0.3, -0.25) is 4.79 Å². The van der Waals surface area contributed by atoms with Crippen LogP contribution >= 0.6 is 0 Å². The number of hydrogen-bond donors (Lipinski definition) is 2. The molecule has 0 atom stereocenters. The molecule has 29 heavy (non-hydrogen) atoms. The van der Waals surface area contributed by atoms with Crippen LogP contribution in [0, 0.1) is 0 Å². The van der Waals surface area contributed by atoms with Gasteiger partial charge in [0.1, 0.15) is 5.75 Å². The number of benzene rings is 3. The molecule has 6 heteroatoms. The largest absolute Gasteiger partial charge is 0.497 e. The standard InChI is InChI=1S/C23H24N2O4/c1-27-20-11-4-16(5-12-20)14-23(26)25-18-8-6-17(7-9-18)24-19-10-13-21(28-2)22(15-19)29-3/h4-13,15,24H,14H2,1-3H3,(H,25,26). The molecule has 3 rings (SSSR count). The lowest BCUT2D eigenvalue weighted by atomic mass is 10.1. The number of hydrogen-bond acceptors (Lipinski definition) is 5. The Balaban J connectivity index is 1.58. The van der Waals surface area contributed by atoms with Gasteiger partial charge in [-0.15, -0.1) is 0 Å². The first-order valence-electron chi connectivity index (χ1n) is 9.13. The Kier molecular flexibility index (Phi) is 6.58. The van der Waals surface area contributed by atoms with Gasteiger partial charge in [0.25, 0.3) is 0 Å². The van der Waals surface area contributed by atoms with Crippen molar-refractivity contribution in [3.05, 3.63) is 72.3 Å². The van der Waals surface area contributed by atoms with E-state index >= 15 is 0 Å². The molecule has 1 amide bonds. The van der Waals surface area contributed by atoms with Crippen LogP contribution in [0.25, 0.3) is 0 Å². The van der Waals surface area contributed by atoms with Crippen LogP contribution in [0.2, 0.25) is 0 Å². The van der Waals surface area contributed by atoms with E-state index in [2.05, 4.69) is 10.6 Å². The van der Waals surface area contributed by atoms with Gasteiger partial charge in [0, 0.05) is 23.1 Å². The summed E-state index contributed by atoms with van der Waals surface area (Å²) in [6.07, 6.45) is 0.301. The molecule has 0 saturated heterocycles. The van der Waals surface area contributed by atoms with Crippen LogP contribution in [0.4, 0.5) is 17.1 Å². The smallest absolute Gasteiger partial charge is 0.228 e. The van der Waals surface area contributed by atoms with E-state index in [0.717, 1.165) is 28.4 Å². The SMILES string of the molecule is COc1ccc(CC(=O)Nc2ccc(Nc3ccc(OC)c(OC)c3)cc2)cc1. The van der Waals surface area contributed by atoms with Crippen LogP contribution in [-0.4, -0.2) is 27.2 Å². The molecule has 2 N–H and O–H groups in total. The Labute approximate surface area is 170 Å². The molecule has 0 unspecified atom stereocenters. The zero-order valence-electron chi connectivity index (χ0n) is 16.7. The summed E-state index contributed by atoms with van der Waals surface area (Å²) < 4.78 is 15.7. The van der Waals surface area contributed by atoms with Crippen molar-refractivity contribution in [2.24, 2.45) is 0 Å². The van der Waals surface area contributed by atoms with Crippen LogP contribution in [0.15, 0.2) is 66.7 Å². The van der Waals surface area contributed by atoms with E-state index in [0.29, 0.717) is 17.9 Å². The molecule has 0 saturated carbocycles. The van der Waals surface area contributed by atoms with Gasteiger partial charge in [0.15, 0.2) is 11.5 Å². The molecule has 0 spiro atoms. The number of ether oxygens (including phenoxy) is 3. The van der Waals surface area contributed by atoms with E-state index in [1.54, 1.807) is 21.3 Å². The molecule has 150 valence electrons. The van der Waals surface area contributed by atoms with Gasteiger partial charge >= 0.3 is 0 Å². The van der Waals surface area contributed by atoms with Crippen molar-refractivity contribution in [1.29, 1.82) is 0 Å². The van der Waals surface area contributed by atoms with Crippen LogP contribution in [0.5, 0.6) is 17.2 Å². The second kappa shape index (κ2) is 9.50. The topological polar surface area (TPSA) is 68.8 Å². The Morgan fingerprint density at radius 1 is 0.724 bits per heavy atom. The summed E-state index contributed by atoms with van der Waals surface area (Å²) >= 11 is 0. The Morgan fingerprint density at radius 3 is 1.97 bits per heavy atom. The van der Waals surface area contributed by atoms with Gasteiger partial charge < -0.3 is 24.8 Å². The van der Waals surface area contributed by atoms with Gasteiger partial charge in [0.05, 0.1) is 27.8 Å². The Morgan fingerprint density at radius 2 is 1.34 bits per heavy atom. The van der Waals surface area contributed by atoms with E-state index in [4.69, 9.17) is 14.2 Å². The zero-order chi connectivity index (χ0) is 20.6. The minimum Gasteiger partial charge on any atom is -0.497 e. The molecule has 3 aromatic carbocycles. The summed E-state index contributed by atoms with van der Waals surface area (Å²) in [7, 11) is 4.82. The van der Waals surface area contributed by atoms with Crippen LogP contribution in [0.1, 0.15) is 5.56 Å². The van der Waals surface area contributed by atoms with Gasteiger partial charge in [-0.25, -0.2) is 0 Å². The first kappa shape index (κ1) is 20.1. The number of rotatable bonds is 8. The van der Waals surface area contributed by atoms with Crippen LogP contribution in [-0.2, 0) is 11.2 Å². The molecule has 0 fully saturated rings. The maximum Gasteiger partial charge on any atom is 0.228 e. The van der Waals surface area contributed by atoms with Crippen molar-refractivity contribution < 1.29 is 19.0 Å². The third kappa shape index (κ3) is 5.42. The number of anilines is 3. The molecule has 0 aromatic heterocycles. The van der Waals surface area contributed by atoms with E-state index in [1.165, 1.54) is 0 Å². The number of methoxy groups -OCH3 is 3. The molecule has 0 aliphatic rings. The molecular weight excluding hydrogens is 368 g/mol. The summed E-state index contributed by atoms with van der Waals surface area (Å²) in [4.78, 5) is 12.3. The maximum absolute atomic E-state index is 12.3. The molecule has 0 radical (unpaired) electrons. The quantitative estimate of drug-likeness (QED) is 0.585. The summed E-state index contributed by atoms with van der Waals surface area (Å²) in [6.45, 7) is 0. The Hall–Kier alpha value is -3.67. The molecule has 0 bridgehead atoms. The van der Waals surface area contributed by atoms with Crippen molar-refractivity contribution in [2.75, 3.05) is 32.0 Å². The maximum atomic E-state index is 12.3. The van der Waals surface area contributed by atoms with Crippen LogP contribution < -0.4 is 24.8 Å². The van der Waals surface area contributed by atoms with Crippen molar-refractivity contribution in [2.45, 2.75) is 6.42 Å². The number of carbonyl (C=O) groups is 1. The fraction of sp³-hybridized carbons (Fsp3) is 0.174. The third-order valence-corrected chi connectivity index (χ3v) is 4.36. The molecule has 0 aliphatic carbocycles. The fourth-order valence-electron chi connectivity index (χ4n) is 2.85. The molecular formula is C23H24N2O4. The normalized spacial score (nSPS) is 10.2. The molecule has 3 aromatic rings. The van der Waals surface area contributed by atoms with E-state index < -0.39 is 0 Å². The number of amides is 1. The highest BCUT2D eigenvalue weighted by molar-refractivity contribution is 5.92. The van der Waals surface area contributed by atoms with E-state index in [-0.39, 0.29) is 5.91 Å². The minimum absolute atomic E-state index is 0.0734. The van der Waals surface area contributed by atoms with Crippen molar-refractivity contribution in [3.8, 4) is 17.2 Å². The van der Waals surface area contributed by atoms with Crippen molar-refractivity contribution in [1.82, 2.24) is 0 Å². The lowest BCUT2D eigenvalue weighted by molar-refractivity contribution is -0.115. The lowest BCUT2D eigenvalue weighted by Gasteiger charge is -2.12. The predicted octanol–water partition coefficient (Wildman–Crippen LogP) is 4.64. The lowest BCUT2D eigenvalue weighted by Crippen LogP contribution is -2.14. The summed E-state index contributed by atoms with van der Waals surface area (Å²) in [5, 5.41) is 6.21.